The van der Waals surface area contributed by atoms with Gasteiger partial charge in [0.05, 0.1) is 17.6 Å². The molecule has 118 valence electrons. The number of rotatable bonds is 0. The van der Waals surface area contributed by atoms with Crippen molar-refractivity contribution in [1.82, 2.24) is 10.3 Å². The molecule has 23 heavy (non-hydrogen) atoms. The van der Waals surface area contributed by atoms with E-state index in [0.717, 1.165) is 55.2 Å². The lowest BCUT2D eigenvalue weighted by Crippen LogP contribution is -2.24. The first-order valence-electron chi connectivity index (χ1n) is 8.18. The topological polar surface area (TPSA) is 50.9 Å². The molecule has 1 aromatic heterocycles. The number of nitrogens with zero attached hydrogens (tertiary/aromatic N) is 1. The van der Waals surface area contributed by atoms with Gasteiger partial charge in [0.1, 0.15) is 0 Å². The Bertz CT molecular complexity index is 732. The maximum absolute atomic E-state index is 6.24. The standard InChI is InChI=1S/C19H20ClN3/c20-15-3-4-17-13(9-15)1-2-14-10-16(21)11-23-19(14)18(17)12-5-7-22-8-6-12/h3-4,9-11,22H,1-2,5-8,21H2. The molecular formula is C19H20ClN3. The molecule has 1 aliphatic heterocycles. The predicted molar refractivity (Wildman–Crippen MR) is 95.6 cm³/mol. The van der Waals surface area contributed by atoms with Gasteiger partial charge in [-0.05, 0) is 73.7 Å². The maximum atomic E-state index is 6.24. The number of fused-ring (bicyclic) bond motifs is 2. The average molecular weight is 326 g/mol. The monoisotopic (exact) mass is 325 g/mol. The molecular weight excluding hydrogens is 306 g/mol. The van der Waals surface area contributed by atoms with Crippen molar-refractivity contribution in [3.05, 3.63) is 63.4 Å². The number of piperidine rings is 1. The molecule has 3 nitrogen and oxygen atoms in total. The highest BCUT2D eigenvalue weighted by Gasteiger charge is 2.23. The van der Waals surface area contributed by atoms with Gasteiger partial charge in [-0.1, -0.05) is 23.2 Å². The number of aryl methyl sites for hydroxylation is 2. The maximum Gasteiger partial charge on any atom is 0.0741 e. The Morgan fingerprint density at radius 2 is 1.78 bits per heavy atom. The van der Waals surface area contributed by atoms with Gasteiger partial charge in [0, 0.05) is 10.6 Å². The van der Waals surface area contributed by atoms with E-state index in [1.165, 1.54) is 27.8 Å². The van der Waals surface area contributed by atoms with Crippen LogP contribution in [0.2, 0.25) is 5.02 Å². The van der Waals surface area contributed by atoms with Crippen molar-refractivity contribution in [1.29, 1.82) is 0 Å². The molecule has 0 amide bonds. The van der Waals surface area contributed by atoms with Crippen LogP contribution >= 0.6 is 11.6 Å². The van der Waals surface area contributed by atoms with Crippen LogP contribution in [0.4, 0.5) is 5.69 Å². The molecule has 2 heterocycles. The molecule has 4 heteroatoms. The van der Waals surface area contributed by atoms with Crippen molar-refractivity contribution in [2.75, 3.05) is 18.8 Å². The van der Waals surface area contributed by atoms with E-state index in [4.69, 9.17) is 22.3 Å². The molecule has 0 unspecified atom stereocenters. The summed E-state index contributed by atoms with van der Waals surface area (Å²) < 4.78 is 0. The zero-order chi connectivity index (χ0) is 15.8. The van der Waals surface area contributed by atoms with E-state index in [2.05, 4.69) is 23.5 Å². The molecule has 2 aliphatic rings. The van der Waals surface area contributed by atoms with Gasteiger partial charge < -0.3 is 11.1 Å². The van der Waals surface area contributed by atoms with Crippen LogP contribution in [0.3, 0.4) is 0 Å². The number of nitrogens with one attached hydrogen (secondary N) is 1. The molecule has 0 saturated carbocycles. The fourth-order valence-corrected chi connectivity index (χ4v) is 3.89. The van der Waals surface area contributed by atoms with Crippen LogP contribution in [-0.2, 0) is 12.8 Å². The van der Waals surface area contributed by atoms with Crippen molar-refractivity contribution in [2.45, 2.75) is 25.7 Å². The highest BCUT2D eigenvalue weighted by atomic mass is 35.5. The number of anilines is 1. The number of halogens is 1. The molecule has 0 spiro atoms. The number of benzene rings is 1. The number of hydrogen-bond donors (Lipinski definition) is 2. The second-order valence-corrected chi connectivity index (χ2v) is 6.74. The van der Waals surface area contributed by atoms with Crippen LogP contribution in [0.5, 0.6) is 0 Å². The van der Waals surface area contributed by atoms with Crippen molar-refractivity contribution >= 4 is 22.9 Å². The Hall–Kier alpha value is -1.84. The Morgan fingerprint density at radius 1 is 1.00 bits per heavy atom. The molecule has 2 aromatic rings. The van der Waals surface area contributed by atoms with Gasteiger partial charge in [-0.25, -0.2) is 0 Å². The number of nitrogens with two attached hydrogens (primary N) is 1. The van der Waals surface area contributed by atoms with Crippen molar-refractivity contribution in [3.8, 4) is 0 Å². The van der Waals surface area contributed by atoms with E-state index < -0.39 is 0 Å². The quantitative estimate of drug-likeness (QED) is 0.778. The second kappa shape index (κ2) is 5.99. The van der Waals surface area contributed by atoms with E-state index in [0.29, 0.717) is 0 Å². The Labute approximate surface area is 141 Å². The summed E-state index contributed by atoms with van der Waals surface area (Å²) in [6.45, 7) is 2.07. The highest BCUT2D eigenvalue weighted by molar-refractivity contribution is 6.30. The molecule has 0 radical (unpaired) electrons. The summed E-state index contributed by atoms with van der Waals surface area (Å²) >= 11 is 6.24. The van der Waals surface area contributed by atoms with Gasteiger partial charge in [-0.15, -0.1) is 0 Å². The molecule has 3 N–H and O–H groups in total. The summed E-state index contributed by atoms with van der Waals surface area (Å²) in [5, 5.41) is 4.24. The van der Waals surface area contributed by atoms with Crippen LogP contribution in [0.25, 0.3) is 5.57 Å². The minimum Gasteiger partial charge on any atom is -0.397 e. The van der Waals surface area contributed by atoms with E-state index >= 15 is 0 Å². The largest absolute Gasteiger partial charge is 0.397 e. The fraction of sp³-hybridized carbons (Fsp3) is 0.316. The Kier molecular flexibility index (Phi) is 3.83. The lowest BCUT2D eigenvalue weighted by Gasteiger charge is -2.22. The number of aromatic nitrogens is 1. The highest BCUT2D eigenvalue weighted by Crippen LogP contribution is 2.38. The van der Waals surface area contributed by atoms with Gasteiger partial charge in [-0.3, -0.25) is 4.98 Å². The molecule has 0 bridgehead atoms. The first-order valence-corrected chi connectivity index (χ1v) is 8.56. The van der Waals surface area contributed by atoms with E-state index in [9.17, 15) is 0 Å². The van der Waals surface area contributed by atoms with Gasteiger partial charge in [-0.2, -0.15) is 0 Å². The molecule has 1 fully saturated rings. The lowest BCUT2D eigenvalue weighted by atomic mass is 9.89. The number of nitrogen functional groups attached to an aromatic ring is 1. The lowest BCUT2D eigenvalue weighted by molar-refractivity contribution is 0.611. The fourth-order valence-electron chi connectivity index (χ4n) is 3.69. The first kappa shape index (κ1) is 14.7. The third-order valence-corrected chi connectivity index (χ3v) is 5.02. The Balaban J connectivity index is 1.98. The zero-order valence-corrected chi connectivity index (χ0v) is 13.8. The normalized spacial score (nSPS) is 17.4. The van der Waals surface area contributed by atoms with E-state index in [-0.39, 0.29) is 0 Å². The summed E-state index contributed by atoms with van der Waals surface area (Å²) in [4.78, 5) is 4.72. The molecule has 0 atom stereocenters. The summed E-state index contributed by atoms with van der Waals surface area (Å²) in [5.74, 6) is 0. The van der Waals surface area contributed by atoms with Crippen LogP contribution in [-0.4, -0.2) is 18.1 Å². The van der Waals surface area contributed by atoms with E-state index in [1.54, 1.807) is 6.20 Å². The second-order valence-electron chi connectivity index (χ2n) is 6.31. The third-order valence-electron chi connectivity index (χ3n) is 4.79. The van der Waals surface area contributed by atoms with Gasteiger partial charge in [0.25, 0.3) is 0 Å². The SMILES string of the molecule is Nc1cnc2c(c1)CCc1cc(Cl)ccc1C2=C1CCNCC1. The first-order chi connectivity index (χ1) is 11.2. The molecule has 1 aliphatic carbocycles. The third kappa shape index (κ3) is 2.75. The van der Waals surface area contributed by atoms with Crippen molar-refractivity contribution in [2.24, 2.45) is 0 Å². The van der Waals surface area contributed by atoms with Crippen LogP contribution in [0, 0.1) is 0 Å². The number of hydrogen-bond acceptors (Lipinski definition) is 3. The Morgan fingerprint density at radius 3 is 2.61 bits per heavy atom. The van der Waals surface area contributed by atoms with Crippen molar-refractivity contribution in [3.63, 3.8) is 0 Å². The predicted octanol–water partition coefficient (Wildman–Crippen LogP) is 3.60. The summed E-state index contributed by atoms with van der Waals surface area (Å²) in [7, 11) is 0. The van der Waals surface area contributed by atoms with Crippen LogP contribution < -0.4 is 11.1 Å². The van der Waals surface area contributed by atoms with Crippen LogP contribution in [0.1, 0.15) is 35.2 Å². The van der Waals surface area contributed by atoms with E-state index in [1.807, 2.05) is 6.07 Å². The minimum atomic E-state index is 0.738. The van der Waals surface area contributed by atoms with Crippen molar-refractivity contribution < 1.29 is 0 Å². The number of pyridine rings is 1. The minimum absolute atomic E-state index is 0.738. The summed E-state index contributed by atoms with van der Waals surface area (Å²) in [6.07, 6.45) is 5.85. The smallest absolute Gasteiger partial charge is 0.0741 e. The summed E-state index contributed by atoms with van der Waals surface area (Å²) in [5.41, 5.74) is 14.5. The van der Waals surface area contributed by atoms with Crippen LogP contribution in [0.15, 0.2) is 36.0 Å². The molecule has 4 rings (SSSR count). The van der Waals surface area contributed by atoms with Gasteiger partial charge in [0.2, 0.25) is 0 Å². The van der Waals surface area contributed by atoms with Gasteiger partial charge in [0.15, 0.2) is 0 Å². The summed E-state index contributed by atoms with van der Waals surface area (Å²) in [6, 6.07) is 8.34. The van der Waals surface area contributed by atoms with Gasteiger partial charge >= 0.3 is 0 Å². The molecule has 1 aromatic carbocycles. The average Bonchev–Trinajstić information content (AvgIpc) is 2.72. The zero-order valence-electron chi connectivity index (χ0n) is 13.0. The molecule has 1 saturated heterocycles.